The van der Waals surface area contributed by atoms with Crippen LogP contribution in [-0.4, -0.2) is 9.91 Å². The minimum atomic E-state index is -0.499. The number of nitro groups is 1. The number of anilines is 1. The summed E-state index contributed by atoms with van der Waals surface area (Å²) in [5, 5.41) is 10.8. The smallest absolute Gasteiger partial charge is 0.377 e. The molecule has 0 aliphatic rings. The summed E-state index contributed by atoms with van der Waals surface area (Å²) in [6.07, 6.45) is 1.40. The summed E-state index contributed by atoms with van der Waals surface area (Å²) in [7, 11) is 0. The van der Waals surface area contributed by atoms with Crippen LogP contribution in [0.4, 0.5) is 11.5 Å². The van der Waals surface area contributed by atoms with E-state index in [1.54, 1.807) is 18.2 Å². The predicted octanol–water partition coefficient (Wildman–Crippen LogP) is 2.72. The molecule has 0 radical (unpaired) electrons. The van der Waals surface area contributed by atoms with Gasteiger partial charge in [0.25, 0.3) is 0 Å². The molecule has 0 fully saturated rings. The van der Waals surface area contributed by atoms with Gasteiger partial charge < -0.3 is 15.8 Å². The Bertz CT molecular complexity index is 560. The van der Waals surface area contributed by atoms with Gasteiger partial charge in [-0.15, -0.1) is 0 Å². The van der Waals surface area contributed by atoms with Gasteiger partial charge in [0.05, 0.1) is 0 Å². The van der Waals surface area contributed by atoms with Crippen molar-refractivity contribution in [3.63, 3.8) is 0 Å². The molecule has 86 valence electrons. The van der Waals surface area contributed by atoms with Crippen LogP contribution in [0, 0.1) is 10.1 Å². The monoisotopic (exact) mass is 247 g/mol. The van der Waals surface area contributed by atoms with Crippen LogP contribution >= 0.6 is 11.8 Å². The molecular formula is C11H9N3O2S. The highest BCUT2D eigenvalue weighted by Gasteiger charge is 2.15. The minimum Gasteiger partial charge on any atom is -0.398 e. The maximum absolute atomic E-state index is 10.8. The van der Waals surface area contributed by atoms with Crippen molar-refractivity contribution in [2.75, 3.05) is 5.73 Å². The molecule has 2 rings (SSSR count). The lowest BCUT2D eigenvalue weighted by atomic mass is 10.3. The van der Waals surface area contributed by atoms with Crippen molar-refractivity contribution in [1.82, 2.24) is 4.98 Å². The summed E-state index contributed by atoms with van der Waals surface area (Å²) < 4.78 is 0. The standard InChI is InChI=1S/C11H9N3O2S/c12-8-4-1-2-5-9(8)17-10-6-3-7-13-11(10)14(15)16/h1-7H,12H2. The molecule has 5 nitrogen and oxygen atoms in total. The molecule has 1 heterocycles. The molecule has 0 atom stereocenters. The molecular weight excluding hydrogens is 238 g/mol. The zero-order valence-electron chi connectivity index (χ0n) is 8.74. The van der Waals surface area contributed by atoms with E-state index in [9.17, 15) is 10.1 Å². The number of rotatable bonds is 3. The van der Waals surface area contributed by atoms with Gasteiger partial charge in [0.1, 0.15) is 11.1 Å². The number of aromatic nitrogens is 1. The Morgan fingerprint density at radius 1 is 1.18 bits per heavy atom. The quantitative estimate of drug-likeness (QED) is 0.512. The van der Waals surface area contributed by atoms with Crippen LogP contribution in [0.3, 0.4) is 0 Å². The second kappa shape index (κ2) is 4.84. The van der Waals surface area contributed by atoms with Gasteiger partial charge in [-0.3, -0.25) is 0 Å². The first-order chi connectivity index (χ1) is 8.18. The molecule has 0 unspecified atom stereocenters. The Hall–Kier alpha value is -2.08. The molecule has 6 heteroatoms. The number of hydrogen-bond acceptors (Lipinski definition) is 5. The molecule has 0 amide bonds. The predicted molar refractivity (Wildman–Crippen MR) is 65.9 cm³/mol. The summed E-state index contributed by atoms with van der Waals surface area (Å²) in [5.74, 6) is -0.152. The van der Waals surface area contributed by atoms with Gasteiger partial charge in [-0.25, -0.2) is 0 Å². The molecule has 1 aromatic heterocycles. The second-order valence-corrected chi connectivity index (χ2v) is 4.31. The number of para-hydroxylation sites is 1. The Morgan fingerprint density at radius 2 is 1.88 bits per heavy atom. The first-order valence-electron chi connectivity index (χ1n) is 4.80. The summed E-state index contributed by atoms with van der Waals surface area (Å²) in [6.45, 7) is 0. The Kier molecular flexibility index (Phi) is 3.24. The van der Waals surface area contributed by atoms with Crippen LogP contribution in [0.15, 0.2) is 52.4 Å². The van der Waals surface area contributed by atoms with Crippen molar-refractivity contribution >= 4 is 23.3 Å². The highest BCUT2D eigenvalue weighted by molar-refractivity contribution is 7.99. The molecule has 0 bridgehead atoms. The van der Waals surface area contributed by atoms with Crippen LogP contribution in [0.25, 0.3) is 0 Å². The van der Waals surface area contributed by atoms with Gasteiger partial charge in [0.15, 0.2) is 0 Å². The minimum absolute atomic E-state index is 0.152. The number of nitrogens with zero attached hydrogens (tertiary/aromatic N) is 2. The van der Waals surface area contributed by atoms with Gasteiger partial charge in [-0.1, -0.05) is 23.9 Å². The van der Waals surface area contributed by atoms with Crippen molar-refractivity contribution in [3.8, 4) is 0 Å². The van der Waals surface area contributed by atoms with Crippen molar-refractivity contribution < 1.29 is 4.92 Å². The third-order valence-electron chi connectivity index (χ3n) is 2.06. The Morgan fingerprint density at radius 3 is 2.59 bits per heavy atom. The van der Waals surface area contributed by atoms with E-state index in [0.717, 1.165) is 4.90 Å². The largest absolute Gasteiger partial charge is 0.398 e. The van der Waals surface area contributed by atoms with Gasteiger partial charge >= 0.3 is 5.82 Å². The molecule has 0 spiro atoms. The van der Waals surface area contributed by atoms with Crippen molar-refractivity contribution in [2.45, 2.75) is 9.79 Å². The number of nitrogen functional groups attached to an aromatic ring is 1. The normalized spacial score (nSPS) is 10.1. The van der Waals surface area contributed by atoms with Crippen LogP contribution in [-0.2, 0) is 0 Å². The van der Waals surface area contributed by atoms with E-state index in [1.807, 2.05) is 18.2 Å². The summed E-state index contributed by atoms with van der Waals surface area (Å²) in [6, 6.07) is 10.5. The number of hydrogen-bond donors (Lipinski definition) is 1. The fourth-order valence-electron chi connectivity index (χ4n) is 1.29. The van der Waals surface area contributed by atoms with E-state index < -0.39 is 4.92 Å². The highest BCUT2D eigenvalue weighted by Crippen LogP contribution is 2.35. The lowest BCUT2D eigenvalue weighted by Crippen LogP contribution is -1.94. The third kappa shape index (κ3) is 2.54. The molecule has 17 heavy (non-hydrogen) atoms. The van der Waals surface area contributed by atoms with E-state index in [1.165, 1.54) is 18.0 Å². The van der Waals surface area contributed by atoms with Crippen molar-refractivity contribution in [3.05, 3.63) is 52.7 Å². The first kappa shape index (κ1) is 11.4. The number of nitrogens with two attached hydrogens (primary N) is 1. The van der Waals surface area contributed by atoms with Gasteiger partial charge in [0.2, 0.25) is 0 Å². The fraction of sp³-hybridized carbons (Fsp3) is 0. The van der Waals surface area contributed by atoms with Crippen LogP contribution in [0.5, 0.6) is 0 Å². The van der Waals surface area contributed by atoms with Gasteiger partial charge in [-0.05, 0) is 34.2 Å². The first-order valence-corrected chi connectivity index (χ1v) is 5.62. The number of pyridine rings is 1. The van der Waals surface area contributed by atoms with Crippen molar-refractivity contribution in [1.29, 1.82) is 0 Å². The third-order valence-corrected chi connectivity index (χ3v) is 3.19. The second-order valence-electron chi connectivity index (χ2n) is 3.22. The van der Waals surface area contributed by atoms with Gasteiger partial charge in [-0.2, -0.15) is 0 Å². The maximum atomic E-state index is 10.8. The summed E-state index contributed by atoms with van der Waals surface area (Å²) in [5.41, 5.74) is 6.38. The Labute approximate surface area is 102 Å². The van der Waals surface area contributed by atoms with E-state index in [4.69, 9.17) is 5.73 Å². The lowest BCUT2D eigenvalue weighted by molar-refractivity contribution is -0.392. The zero-order chi connectivity index (χ0) is 12.3. The van der Waals surface area contributed by atoms with E-state index in [0.29, 0.717) is 10.6 Å². The zero-order valence-corrected chi connectivity index (χ0v) is 9.55. The molecule has 2 N–H and O–H groups in total. The maximum Gasteiger partial charge on any atom is 0.377 e. The van der Waals surface area contributed by atoms with E-state index in [2.05, 4.69) is 4.98 Å². The molecule has 0 aliphatic heterocycles. The van der Waals surface area contributed by atoms with Gasteiger partial charge in [0, 0.05) is 10.6 Å². The van der Waals surface area contributed by atoms with Crippen LogP contribution in [0.1, 0.15) is 0 Å². The molecule has 1 aromatic carbocycles. The lowest BCUT2D eigenvalue weighted by Gasteiger charge is -2.04. The molecule has 2 aromatic rings. The molecule has 0 saturated heterocycles. The summed E-state index contributed by atoms with van der Waals surface area (Å²) >= 11 is 1.24. The average Bonchev–Trinajstić information content (AvgIpc) is 2.32. The van der Waals surface area contributed by atoms with E-state index in [-0.39, 0.29) is 5.82 Å². The summed E-state index contributed by atoms with van der Waals surface area (Å²) in [4.78, 5) is 15.3. The molecule has 0 aliphatic carbocycles. The van der Waals surface area contributed by atoms with Crippen LogP contribution in [0.2, 0.25) is 0 Å². The van der Waals surface area contributed by atoms with Crippen molar-refractivity contribution in [2.24, 2.45) is 0 Å². The fourth-order valence-corrected chi connectivity index (χ4v) is 2.23. The van der Waals surface area contributed by atoms with Crippen LogP contribution < -0.4 is 5.73 Å². The SMILES string of the molecule is Nc1ccccc1Sc1cccnc1[N+](=O)[O-]. The Balaban J connectivity index is 2.37. The average molecular weight is 247 g/mol. The topological polar surface area (TPSA) is 82.0 Å². The van der Waals surface area contributed by atoms with E-state index >= 15 is 0 Å². The highest BCUT2D eigenvalue weighted by atomic mass is 32.2. The number of benzene rings is 1. The molecule has 0 saturated carbocycles.